The number of nitrogens with zero attached hydrogens (tertiary/aromatic N) is 1. The number of carbonyl (C=O) groups is 1. The number of unbranched alkanes of at least 4 members (excludes halogenated alkanes) is 8. The van der Waals surface area contributed by atoms with E-state index in [2.05, 4.69) is 17.2 Å². The van der Waals surface area contributed by atoms with Crippen molar-refractivity contribution in [2.75, 3.05) is 11.1 Å². The molecule has 0 aliphatic carbocycles. The molecule has 0 aliphatic heterocycles. The van der Waals surface area contributed by atoms with Gasteiger partial charge >= 0.3 is 0 Å². The van der Waals surface area contributed by atoms with Crippen LogP contribution in [-0.4, -0.2) is 10.9 Å². The number of anilines is 2. The number of rotatable bonds is 11. The van der Waals surface area contributed by atoms with Gasteiger partial charge in [0, 0.05) is 6.42 Å². The lowest BCUT2D eigenvalue weighted by molar-refractivity contribution is -0.116. The fourth-order valence-corrected chi connectivity index (χ4v) is 2.28. The second-order valence-corrected chi connectivity index (χ2v) is 5.60. The summed E-state index contributed by atoms with van der Waals surface area (Å²) < 4.78 is 0. The summed E-state index contributed by atoms with van der Waals surface area (Å²) in [5, 5.41) is 2.79. The van der Waals surface area contributed by atoms with E-state index in [-0.39, 0.29) is 5.91 Å². The SMILES string of the molecule is CCCCCCCCCCCC(=O)Nc1ccc(N)cn1. The zero-order valence-electron chi connectivity index (χ0n) is 13.2. The van der Waals surface area contributed by atoms with Gasteiger partial charge in [0.25, 0.3) is 0 Å². The summed E-state index contributed by atoms with van der Waals surface area (Å²) in [6.07, 6.45) is 13.5. The summed E-state index contributed by atoms with van der Waals surface area (Å²) in [7, 11) is 0. The molecule has 1 amide bonds. The summed E-state index contributed by atoms with van der Waals surface area (Å²) in [6.45, 7) is 2.24. The van der Waals surface area contributed by atoms with Crippen LogP contribution in [-0.2, 0) is 4.79 Å². The van der Waals surface area contributed by atoms with Crippen molar-refractivity contribution in [1.82, 2.24) is 4.98 Å². The Morgan fingerprint density at radius 1 is 1.05 bits per heavy atom. The average molecular weight is 291 g/mol. The Balaban J connectivity index is 1.97. The van der Waals surface area contributed by atoms with E-state index < -0.39 is 0 Å². The van der Waals surface area contributed by atoms with E-state index in [1.54, 1.807) is 18.3 Å². The minimum absolute atomic E-state index is 0.0372. The van der Waals surface area contributed by atoms with Crippen LogP contribution < -0.4 is 11.1 Å². The van der Waals surface area contributed by atoms with Crippen LogP contribution in [0, 0.1) is 0 Å². The average Bonchev–Trinajstić information content (AvgIpc) is 2.48. The lowest BCUT2D eigenvalue weighted by atomic mass is 10.1. The van der Waals surface area contributed by atoms with Gasteiger partial charge in [-0.1, -0.05) is 58.3 Å². The van der Waals surface area contributed by atoms with Gasteiger partial charge in [-0.05, 0) is 18.6 Å². The van der Waals surface area contributed by atoms with Gasteiger partial charge in [-0.15, -0.1) is 0 Å². The summed E-state index contributed by atoms with van der Waals surface area (Å²) in [4.78, 5) is 15.8. The molecular weight excluding hydrogens is 262 g/mol. The zero-order valence-corrected chi connectivity index (χ0v) is 13.2. The van der Waals surface area contributed by atoms with Crippen LogP contribution in [0.25, 0.3) is 0 Å². The number of aromatic nitrogens is 1. The first kappa shape index (κ1) is 17.5. The third kappa shape index (κ3) is 9.05. The number of hydrogen-bond donors (Lipinski definition) is 2. The molecule has 3 N–H and O–H groups in total. The molecule has 1 heterocycles. The smallest absolute Gasteiger partial charge is 0.225 e. The Bertz CT molecular complexity index is 390. The molecule has 4 nitrogen and oxygen atoms in total. The van der Waals surface area contributed by atoms with Gasteiger partial charge in [-0.2, -0.15) is 0 Å². The quantitative estimate of drug-likeness (QED) is 0.589. The van der Waals surface area contributed by atoms with Crippen molar-refractivity contribution < 1.29 is 4.79 Å². The lowest BCUT2D eigenvalue weighted by Gasteiger charge is -2.05. The van der Waals surface area contributed by atoms with Crippen LogP contribution in [0.4, 0.5) is 11.5 Å². The number of hydrogen-bond acceptors (Lipinski definition) is 3. The van der Waals surface area contributed by atoms with Gasteiger partial charge in [0.15, 0.2) is 0 Å². The molecule has 0 unspecified atom stereocenters. The molecule has 118 valence electrons. The van der Waals surface area contributed by atoms with E-state index in [1.165, 1.54) is 44.9 Å². The van der Waals surface area contributed by atoms with Crippen LogP contribution >= 0.6 is 0 Å². The number of nitrogens with two attached hydrogens (primary N) is 1. The predicted octanol–water partition coefficient (Wildman–Crippen LogP) is 4.52. The molecule has 0 atom stereocenters. The maximum atomic E-state index is 11.7. The van der Waals surface area contributed by atoms with E-state index in [9.17, 15) is 4.79 Å². The molecule has 0 radical (unpaired) electrons. The Morgan fingerprint density at radius 2 is 1.67 bits per heavy atom. The largest absolute Gasteiger partial charge is 0.397 e. The fourth-order valence-electron chi connectivity index (χ4n) is 2.28. The van der Waals surface area contributed by atoms with Crippen molar-refractivity contribution in [2.45, 2.75) is 71.1 Å². The van der Waals surface area contributed by atoms with Gasteiger partial charge in [0.2, 0.25) is 5.91 Å². The van der Waals surface area contributed by atoms with E-state index >= 15 is 0 Å². The van der Waals surface area contributed by atoms with Gasteiger partial charge < -0.3 is 11.1 Å². The number of nitrogen functional groups attached to an aromatic ring is 1. The van der Waals surface area contributed by atoms with Gasteiger partial charge in [-0.3, -0.25) is 4.79 Å². The van der Waals surface area contributed by atoms with Crippen molar-refractivity contribution >= 4 is 17.4 Å². The first-order chi connectivity index (χ1) is 10.2. The molecule has 0 aliphatic rings. The van der Waals surface area contributed by atoms with Gasteiger partial charge in [-0.25, -0.2) is 4.98 Å². The molecule has 0 spiro atoms. The Kier molecular flexibility index (Phi) is 9.25. The van der Waals surface area contributed by atoms with Crippen LogP contribution in [0.2, 0.25) is 0 Å². The van der Waals surface area contributed by atoms with Crippen molar-refractivity contribution in [1.29, 1.82) is 0 Å². The van der Waals surface area contributed by atoms with E-state index in [0.717, 1.165) is 12.8 Å². The topological polar surface area (TPSA) is 68.0 Å². The summed E-state index contributed by atoms with van der Waals surface area (Å²) in [5.74, 6) is 0.611. The molecule has 0 bridgehead atoms. The van der Waals surface area contributed by atoms with Crippen LogP contribution in [0.3, 0.4) is 0 Å². The molecule has 0 saturated carbocycles. The Morgan fingerprint density at radius 3 is 2.24 bits per heavy atom. The van der Waals surface area contributed by atoms with E-state index in [1.807, 2.05) is 0 Å². The first-order valence-electron chi connectivity index (χ1n) is 8.23. The lowest BCUT2D eigenvalue weighted by Crippen LogP contribution is -2.12. The summed E-state index contributed by atoms with van der Waals surface area (Å²) >= 11 is 0. The second-order valence-electron chi connectivity index (χ2n) is 5.60. The van der Waals surface area contributed by atoms with E-state index in [0.29, 0.717) is 17.9 Å². The van der Waals surface area contributed by atoms with Crippen molar-refractivity contribution in [3.8, 4) is 0 Å². The first-order valence-corrected chi connectivity index (χ1v) is 8.23. The van der Waals surface area contributed by atoms with Crippen molar-refractivity contribution in [3.05, 3.63) is 18.3 Å². The molecule has 1 aromatic heterocycles. The van der Waals surface area contributed by atoms with Gasteiger partial charge in [0.05, 0.1) is 11.9 Å². The second kappa shape index (κ2) is 11.1. The zero-order chi connectivity index (χ0) is 15.3. The third-order valence-electron chi connectivity index (χ3n) is 3.56. The highest BCUT2D eigenvalue weighted by atomic mass is 16.1. The predicted molar refractivity (Wildman–Crippen MR) is 89.1 cm³/mol. The number of carbonyl (C=O) groups excluding carboxylic acids is 1. The van der Waals surface area contributed by atoms with Crippen LogP contribution in [0.5, 0.6) is 0 Å². The third-order valence-corrected chi connectivity index (χ3v) is 3.56. The standard InChI is InChI=1S/C17H29N3O/c1-2-3-4-5-6-7-8-9-10-11-17(21)20-16-13-12-15(18)14-19-16/h12-14H,2-11,18H2,1H3,(H,19,20,21). The molecule has 0 saturated heterocycles. The molecule has 21 heavy (non-hydrogen) atoms. The summed E-state index contributed by atoms with van der Waals surface area (Å²) in [6, 6.07) is 3.46. The highest BCUT2D eigenvalue weighted by molar-refractivity contribution is 5.89. The van der Waals surface area contributed by atoms with E-state index in [4.69, 9.17) is 5.73 Å². The molecule has 0 fully saturated rings. The minimum atomic E-state index is 0.0372. The van der Waals surface area contributed by atoms with Crippen molar-refractivity contribution in [2.24, 2.45) is 0 Å². The molecule has 1 aromatic rings. The molecular formula is C17H29N3O. The number of nitrogens with one attached hydrogen (secondary N) is 1. The monoisotopic (exact) mass is 291 g/mol. The fraction of sp³-hybridized carbons (Fsp3) is 0.647. The highest BCUT2D eigenvalue weighted by Crippen LogP contribution is 2.11. The maximum absolute atomic E-state index is 11.7. The highest BCUT2D eigenvalue weighted by Gasteiger charge is 2.02. The molecule has 1 rings (SSSR count). The Labute approximate surface area is 128 Å². The Hall–Kier alpha value is -1.58. The number of pyridine rings is 1. The normalized spacial score (nSPS) is 10.5. The molecule has 4 heteroatoms. The minimum Gasteiger partial charge on any atom is -0.397 e. The maximum Gasteiger partial charge on any atom is 0.225 e. The van der Waals surface area contributed by atoms with Crippen molar-refractivity contribution in [3.63, 3.8) is 0 Å². The summed E-state index contributed by atoms with van der Waals surface area (Å²) in [5.41, 5.74) is 6.15. The van der Waals surface area contributed by atoms with Crippen LogP contribution in [0.1, 0.15) is 71.1 Å². The molecule has 0 aromatic carbocycles. The number of amides is 1. The van der Waals surface area contributed by atoms with Crippen LogP contribution in [0.15, 0.2) is 18.3 Å². The van der Waals surface area contributed by atoms with Gasteiger partial charge in [0.1, 0.15) is 5.82 Å².